The highest BCUT2D eigenvalue weighted by atomic mass is 16.5. The fraction of sp³-hybridized carbons (Fsp3) is 0.451. The van der Waals surface area contributed by atoms with E-state index in [1.54, 1.807) is 45.0 Å². The lowest BCUT2D eigenvalue weighted by Gasteiger charge is -2.32. The molecule has 4 atom stereocenters. The first-order chi connectivity index (χ1) is 31.8. The van der Waals surface area contributed by atoms with Crippen LogP contribution < -0.4 is 32.0 Å². The number of aromatic nitrogens is 2. The van der Waals surface area contributed by atoms with E-state index in [4.69, 9.17) is 36.6 Å². The number of nitrogens with two attached hydrogens (primary N) is 3. The van der Waals surface area contributed by atoms with Crippen molar-refractivity contribution in [3.63, 3.8) is 0 Å². The molecule has 0 saturated heterocycles. The first-order valence-electron chi connectivity index (χ1n) is 22.7. The predicted molar refractivity (Wildman–Crippen MR) is 254 cm³/mol. The van der Waals surface area contributed by atoms with Crippen molar-refractivity contribution in [3.8, 4) is 45.8 Å². The normalized spacial score (nSPS) is 16.8. The first kappa shape index (κ1) is 51.4. The van der Waals surface area contributed by atoms with Gasteiger partial charge in [-0.05, 0) is 79.6 Å². The summed E-state index contributed by atoms with van der Waals surface area (Å²) in [5, 5.41) is 23.9. The van der Waals surface area contributed by atoms with Crippen molar-refractivity contribution >= 4 is 29.2 Å². The summed E-state index contributed by atoms with van der Waals surface area (Å²) in [5.41, 5.74) is 22.1. The smallest absolute Gasteiger partial charge is 0.226 e. The minimum atomic E-state index is -1.39. The number of hydrogen-bond acceptors (Lipinski definition) is 14. The average molecular weight is 917 g/mol. The second kappa shape index (κ2) is 22.8. The van der Waals surface area contributed by atoms with Gasteiger partial charge >= 0.3 is 0 Å². The number of nitriles is 1. The van der Waals surface area contributed by atoms with Crippen molar-refractivity contribution in [2.45, 2.75) is 97.6 Å². The van der Waals surface area contributed by atoms with E-state index in [1.807, 2.05) is 30.3 Å². The minimum Gasteiger partial charge on any atom is -0.504 e. The Hall–Kier alpha value is -6.54. The Morgan fingerprint density at radius 3 is 2.15 bits per heavy atom. The number of fused-ring (bicyclic) bond motifs is 5. The van der Waals surface area contributed by atoms with Crippen molar-refractivity contribution < 1.29 is 38.6 Å². The second-order valence-electron chi connectivity index (χ2n) is 18.2. The molecule has 3 aromatic carbocycles. The summed E-state index contributed by atoms with van der Waals surface area (Å²) in [4.78, 5) is 82.0. The van der Waals surface area contributed by atoms with Crippen LogP contribution in [0.5, 0.6) is 17.2 Å². The molecule has 2 amide bonds. The zero-order valence-electron chi connectivity index (χ0n) is 39.6. The molecular weight excluding hydrogens is 853 g/mol. The van der Waals surface area contributed by atoms with Crippen LogP contribution in [-0.2, 0) is 31.0 Å². The molecule has 5 rings (SSSR count). The van der Waals surface area contributed by atoms with Crippen LogP contribution in [0.1, 0.15) is 104 Å². The van der Waals surface area contributed by atoms with Gasteiger partial charge in [0.25, 0.3) is 0 Å². The first-order valence-corrected chi connectivity index (χ1v) is 22.7. The lowest BCUT2D eigenvalue weighted by molar-refractivity contribution is -0.142. The number of hydrogen-bond donors (Lipinski definition) is 5. The molecule has 1 aliphatic rings. The van der Waals surface area contributed by atoms with Crippen LogP contribution in [0.3, 0.4) is 0 Å². The van der Waals surface area contributed by atoms with Crippen LogP contribution >= 0.6 is 0 Å². The molecular formula is C51H64N8O8. The molecule has 4 bridgehead atoms. The fourth-order valence-corrected chi connectivity index (χ4v) is 8.38. The molecule has 356 valence electrons. The summed E-state index contributed by atoms with van der Waals surface area (Å²) in [6.45, 7) is 11.8. The highest BCUT2D eigenvalue weighted by molar-refractivity contribution is 6.01. The lowest BCUT2D eigenvalue weighted by atomic mass is 9.86. The Bertz CT molecular complexity index is 2490. The van der Waals surface area contributed by atoms with Gasteiger partial charge in [-0.1, -0.05) is 58.0 Å². The maximum atomic E-state index is 14.9. The third-order valence-corrected chi connectivity index (χ3v) is 12.0. The zero-order valence-corrected chi connectivity index (χ0v) is 39.6. The third-order valence-electron chi connectivity index (χ3n) is 12.0. The number of ether oxygens (including phenoxy) is 2. The van der Waals surface area contributed by atoms with Gasteiger partial charge in [-0.3, -0.25) is 24.0 Å². The van der Waals surface area contributed by atoms with Gasteiger partial charge in [-0.15, -0.1) is 0 Å². The summed E-state index contributed by atoms with van der Waals surface area (Å²) < 4.78 is 12.0. The Kier molecular flexibility index (Phi) is 17.5. The van der Waals surface area contributed by atoms with E-state index in [2.05, 4.69) is 26.1 Å². The van der Waals surface area contributed by atoms with Gasteiger partial charge in [0.15, 0.2) is 34.7 Å². The Morgan fingerprint density at radius 2 is 1.55 bits per heavy atom. The van der Waals surface area contributed by atoms with Crippen LogP contribution in [0, 0.1) is 37.0 Å². The Balaban J connectivity index is 1.60. The number of nitrogens with one attached hydrogen (secondary N) is 1. The molecule has 0 aliphatic carbocycles. The van der Waals surface area contributed by atoms with Crippen LogP contribution in [-0.4, -0.2) is 95.1 Å². The molecule has 4 aromatic rings. The summed E-state index contributed by atoms with van der Waals surface area (Å²) in [7, 11) is 1.44. The van der Waals surface area contributed by atoms with E-state index >= 15 is 0 Å². The summed E-state index contributed by atoms with van der Waals surface area (Å²) in [5.74, 6) is -4.02. The van der Waals surface area contributed by atoms with Gasteiger partial charge in [0.2, 0.25) is 11.8 Å². The van der Waals surface area contributed by atoms with E-state index in [0.717, 1.165) is 11.1 Å². The molecule has 1 aliphatic heterocycles. The highest BCUT2D eigenvalue weighted by Crippen LogP contribution is 2.45. The van der Waals surface area contributed by atoms with E-state index in [1.165, 1.54) is 18.0 Å². The van der Waals surface area contributed by atoms with Crippen molar-refractivity contribution in [2.75, 3.05) is 39.9 Å². The number of Topliss-reactive ketones (excluding diaryl/α,β-unsaturated/α-hetero) is 3. The van der Waals surface area contributed by atoms with Crippen LogP contribution in [0.25, 0.3) is 22.5 Å². The molecule has 67 heavy (non-hydrogen) atoms. The monoisotopic (exact) mass is 916 g/mol. The molecule has 2 heterocycles. The molecule has 8 N–H and O–H groups in total. The number of benzene rings is 3. The molecule has 1 aromatic heterocycles. The van der Waals surface area contributed by atoms with E-state index < -0.39 is 41.5 Å². The summed E-state index contributed by atoms with van der Waals surface area (Å²) >= 11 is 0. The number of nitrogens with zero attached hydrogens (tertiary/aromatic N) is 4. The van der Waals surface area contributed by atoms with Crippen molar-refractivity contribution in [3.05, 3.63) is 88.2 Å². The van der Waals surface area contributed by atoms with Crippen molar-refractivity contribution in [1.29, 1.82) is 5.26 Å². The quantitative estimate of drug-likeness (QED) is 0.0836. The van der Waals surface area contributed by atoms with Crippen LogP contribution in [0.4, 0.5) is 0 Å². The number of ketones is 3. The number of carbonyl (C=O) groups is 5. The Labute approximate surface area is 392 Å². The molecule has 16 nitrogen and oxygen atoms in total. The topological polar surface area (TPSA) is 267 Å². The number of likely N-dealkylation sites (N-methyl/N-ethyl adjacent to an activating group) is 1. The molecule has 0 unspecified atom stereocenters. The summed E-state index contributed by atoms with van der Waals surface area (Å²) in [6.07, 6.45) is -0.706. The van der Waals surface area contributed by atoms with Crippen molar-refractivity contribution in [2.24, 2.45) is 29.0 Å². The van der Waals surface area contributed by atoms with E-state index in [0.29, 0.717) is 34.1 Å². The maximum Gasteiger partial charge on any atom is 0.226 e. The zero-order chi connectivity index (χ0) is 49.2. The molecule has 0 saturated carbocycles. The number of amides is 2. The second-order valence-corrected chi connectivity index (χ2v) is 18.2. The number of phenolic OH excluding ortho intramolecular Hbond substituents is 1. The van der Waals surface area contributed by atoms with Crippen LogP contribution in [0.2, 0.25) is 0 Å². The van der Waals surface area contributed by atoms with Crippen molar-refractivity contribution in [1.82, 2.24) is 20.2 Å². The van der Waals surface area contributed by atoms with Gasteiger partial charge in [-0.25, -0.2) is 9.97 Å². The van der Waals surface area contributed by atoms with E-state index in [-0.39, 0.29) is 117 Å². The largest absolute Gasteiger partial charge is 0.504 e. The lowest BCUT2D eigenvalue weighted by Crippen LogP contribution is -2.46. The number of rotatable bonds is 17. The predicted octanol–water partition coefficient (Wildman–Crippen LogP) is 5.35. The third kappa shape index (κ3) is 12.5. The number of aromatic hydroxyl groups is 1. The van der Waals surface area contributed by atoms with Gasteiger partial charge in [0.05, 0.1) is 29.1 Å². The van der Waals surface area contributed by atoms with E-state index in [9.17, 15) is 34.3 Å². The number of aryl methyl sites for hydroxylation is 2. The molecule has 0 radical (unpaired) electrons. The standard InChI is InChI=1S/C51H64N8O8/c1-29-23-42(62)46(59(7)50(65)34(16-18-53)27-41(61)45-30(2)56-48(57-31(45)3)33-11-13-36(14-12-33)51(4,5)6)35-26-38(47(63)44(28-35)67-22-20-55)37-24-32(10-15-43(37)66-21-19-54)25-39(58-49(29)64)40(60)9-8-17-52/h10-15,24,26,28-29,34,39,46,63H,8-9,16,18-23,25,27,53-55H2,1-7H3,(H,58,64)/t29-,34-,39+,46+/m1/s1. The maximum absolute atomic E-state index is 14.9. The van der Waals surface area contributed by atoms with Gasteiger partial charge < -0.3 is 42.0 Å². The SMILES string of the molecule is Cc1nc(-c2ccc(C(C)(C)C)cc2)nc(C)c1C(=O)C[C@@H](CCN)C(=O)N(C)[C@@H]1C(=O)C[C@@H](C)C(=O)N[C@H](C(=O)CCC#N)Cc2ccc(OCCN)c(c2)-c2cc1cc(OCCN)c2O. The average Bonchev–Trinajstić information content (AvgIpc) is 3.28. The summed E-state index contributed by atoms with van der Waals surface area (Å²) in [6, 6.07) is 15.6. The number of carbonyl (C=O) groups excluding carboxylic acids is 5. The fourth-order valence-electron chi connectivity index (χ4n) is 8.38. The van der Waals surface area contributed by atoms with Crippen LogP contribution in [0.15, 0.2) is 54.6 Å². The van der Waals surface area contributed by atoms with Gasteiger partial charge in [0.1, 0.15) is 25.0 Å². The number of phenols is 1. The van der Waals surface area contributed by atoms with Gasteiger partial charge in [-0.2, -0.15) is 5.26 Å². The molecule has 0 fully saturated rings. The molecule has 0 spiro atoms. The minimum absolute atomic E-state index is 0.0161. The van der Waals surface area contributed by atoms with Gasteiger partial charge in [0, 0.05) is 74.3 Å². The Morgan fingerprint density at radius 1 is 0.910 bits per heavy atom. The highest BCUT2D eigenvalue weighted by Gasteiger charge is 2.37. The molecule has 16 heteroatoms.